The molecule has 0 heterocycles. The third kappa shape index (κ3) is 6.36. The first-order chi connectivity index (χ1) is 12.9. The van der Waals surface area contributed by atoms with Gasteiger partial charge in [0, 0.05) is 0 Å². The minimum Gasteiger partial charge on any atom is -0.494 e. The number of carbonyl (C=O) groups excluding carboxylic acids is 1. The van der Waals surface area contributed by atoms with Crippen molar-refractivity contribution in [2.24, 2.45) is 5.92 Å². The van der Waals surface area contributed by atoms with Crippen LogP contribution in [-0.4, -0.2) is 18.7 Å². The predicted octanol–water partition coefficient (Wildman–Crippen LogP) is 5.89. The SMILES string of the molecule is Cc1ccc(OC(=O)c2ccc(OCCC(C)CCCP)cc2)c(C)c1C. The fourth-order valence-corrected chi connectivity index (χ4v) is 3.11. The van der Waals surface area contributed by atoms with Crippen molar-refractivity contribution in [3.8, 4) is 11.5 Å². The quantitative estimate of drug-likeness (QED) is 0.306. The fraction of sp³-hybridized carbons (Fsp3) is 0.435. The molecule has 2 aromatic carbocycles. The molecule has 0 spiro atoms. The van der Waals surface area contributed by atoms with E-state index >= 15 is 0 Å². The van der Waals surface area contributed by atoms with E-state index in [-0.39, 0.29) is 5.97 Å². The first kappa shape index (κ1) is 21.4. The third-order valence-electron chi connectivity index (χ3n) is 5.08. The minimum absolute atomic E-state index is 0.348. The molecule has 0 aliphatic rings. The lowest BCUT2D eigenvalue weighted by atomic mass is 10.0. The number of hydrogen-bond acceptors (Lipinski definition) is 3. The first-order valence-corrected chi connectivity index (χ1v) is 10.5. The van der Waals surface area contributed by atoms with E-state index < -0.39 is 0 Å². The molecule has 0 saturated carbocycles. The largest absolute Gasteiger partial charge is 0.494 e. The highest BCUT2D eigenvalue weighted by Gasteiger charge is 2.12. The molecule has 2 atom stereocenters. The summed E-state index contributed by atoms with van der Waals surface area (Å²) in [5, 5.41) is 0. The lowest BCUT2D eigenvalue weighted by Crippen LogP contribution is -2.10. The summed E-state index contributed by atoms with van der Waals surface area (Å²) in [7, 11) is 2.77. The standard InChI is InChI=1S/C23H31O3P/c1-16(6-5-15-27)13-14-25-21-10-8-20(9-11-21)23(24)26-22-12-7-17(2)18(3)19(22)4/h7-12,16H,5-6,13-15,27H2,1-4H3. The average Bonchev–Trinajstić information content (AvgIpc) is 2.67. The molecule has 0 aliphatic heterocycles. The molecule has 0 radical (unpaired) electrons. The second kappa shape index (κ2) is 10.5. The Morgan fingerprint density at radius 2 is 1.70 bits per heavy atom. The maximum absolute atomic E-state index is 12.4. The molecule has 2 aromatic rings. The average molecular weight is 386 g/mol. The number of aryl methyl sites for hydroxylation is 1. The Morgan fingerprint density at radius 1 is 1.00 bits per heavy atom. The van der Waals surface area contributed by atoms with Crippen LogP contribution >= 0.6 is 9.24 Å². The fourth-order valence-electron chi connectivity index (χ4n) is 2.88. The van der Waals surface area contributed by atoms with Gasteiger partial charge in [-0.1, -0.05) is 19.4 Å². The second-order valence-electron chi connectivity index (χ2n) is 7.22. The summed E-state index contributed by atoms with van der Waals surface area (Å²) in [6.45, 7) is 9.02. The van der Waals surface area contributed by atoms with Gasteiger partial charge in [0.2, 0.25) is 0 Å². The van der Waals surface area contributed by atoms with Crippen molar-refractivity contribution in [1.29, 1.82) is 0 Å². The van der Waals surface area contributed by atoms with E-state index in [4.69, 9.17) is 9.47 Å². The highest BCUT2D eigenvalue weighted by molar-refractivity contribution is 7.16. The van der Waals surface area contributed by atoms with E-state index in [1.807, 2.05) is 38.1 Å². The molecule has 0 aromatic heterocycles. The van der Waals surface area contributed by atoms with Crippen molar-refractivity contribution < 1.29 is 14.3 Å². The lowest BCUT2D eigenvalue weighted by Gasteiger charge is -2.13. The molecule has 0 fully saturated rings. The van der Waals surface area contributed by atoms with Crippen LogP contribution in [0.15, 0.2) is 36.4 Å². The van der Waals surface area contributed by atoms with Crippen LogP contribution in [0.3, 0.4) is 0 Å². The molecule has 2 unspecified atom stereocenters. The summed E-state index contributed by atoms with van der Waals surface area (Å²) in [6.07, 6.45) is 4.67. The van der Waals surface area contributed by atoms with Gasteiger partial charge in [-0.3, -0.25) is 0 Å². The molecule has 3 nitrogen and oxygen atoms in total. The van der Waals surface area contributed by atoms with Gasteiger partial charge in [-0.2, -0.15) is 0 Å². The molecule has 4 heteroatoms. The topological polar surface area (TPSA) is 35.5 Å². The van der Waals surface area contributed by atoms with Crippen LogP contribution in [-0.2, 0) is 0 Å². The monoisotopic (exact) mass is 386 g/mol. The van der Waals surface area contributed by atoms with Crippen molar-refractivity contribution in [2.45, 2.75) is 47.0 Å². The van der Waals surface area contributed by atoms with Gasteiger partial charge < -0.3 is 9.47 Å². The van der Waals surface area contributed by atoms with E-state index in [0.717, 1.165) is 29.5 Å². The van der Waals surface area contributed by atoms with Crippen LogP contribution in [0.5, 0.6) is 11.5 Å². The van der Waals surface area contributed by atoms with Crippen LogP contribution < -0.4 is 9.47 Å². The number of ether oxygens (including phenoxy) is 2. The summed E-state index contributed by atoms with van der Waals surface area (Å²) < 4.78 is 11.4. The van der Waals surface area contributed by atoms with E-state index in [2.05, 4.69) is 23.1 Å². The van der Waals surface area contributed by atoms with Crippen LogP contribution in [0.4, 0.5) is 0 Å². The summed E-state index contributed by atoms with van der Waals surface area (Å²) in [4.78, 5) is 12.4. The molecule has 27 heavy (non-hydrogen) atoms. The number of rotatable bonds is 9. The van der Waals surface area contributed by atoms with Gasteiger partial charge in [-0.15, -0.1) is 9.24 Å². The first-order valence-electron chi connectivity index (χ1n) is 9.64. The zero-order valence-corrected chi connectivity index (χ0v) is 18.0. The molecular formula is C23H31O3P. The lowest BCUT2D eigenvalue weighted by molar-refractivity contribution is 0.0733. The van der Waals surface area contributed by atoms with Crippen molar-refractivity contribution >= 4 is 15.2 Å². The number of hydrogen-bond donors (Lipinski definition) is 0. The van der Waals surface area contributed by atoms with Gasteiger partial charge in [0.15, 0.2) is 0 Å². The zero-order chi connectivity index (χ0) is 19.8. The molecule has 0 N–H and O–H groups in total. The number of benzene rings is 2. The molecule has 0 bridgehead atoms. The van der Waals surface area contributed by atoms with Crippen LogP contribution in [0.25, 0.3) is 0 Å². The third-order valence-corrected chi connectivity index (χ3v) is 5.49. The molecule has 0 aliphatic carbocycles. The molecule has 146 valence electrons. The summed E-state index contributed by atoms with van der Waals surface area (Å²) in [5.74, 6) is 1.72. The maximum atomic E-state index is 12.4. The molecule has 0 saturated heterocycles. The molecule has 0 amide bonds. The smallest absolute Gasteiger partial charge is 0.343 e. The minimum atomic E-state index is -0.348. The van der Waals surface area contributed by atoms with Crippen LogP contribution in [0, 0.1) is 26.7 Å². The van der Waals surface area contributed by atoms with Crippen LogP contribution in [0.2, 0.25) is 0 Å². The van der Waals surface area contributed by atoms with E-state index in [0.29, 0.717) is 23.8 Å². The van der Waals surface area contributed by atoms with Gasteiger partial charge in [-0.05, 0) is 92.7 Å². The summed E-state index contributed by atoms with van der Waals surface area (Å²) in [5.41, 5.74) is 3.86. The Balaban J connectivity index is 1.89. The Bertz CT molecular complexity index is 753. The highest BCUT2D eigenvalue weighted by atomic mass is 31.0. The normalized spacial score (nSPS) is 11.9. The van der Waals surface area contributed by atoms with Gasteiger partial charge >= 0.3 is 5.97 Å². The van der Waals surface area contributed by atoms with Gasteiger partial charge in [0.25, 0.3) is 0 Å². The van der Waals surface area contributed by atoms with E-state index in [1.54, 1.807) is 12.1 Å². The van der Waals surface area contributed by atoms with E-state index in [1.165, 1.54) is 18.4 Å². The van der Waals surface area contributed by atoms with Crippen molar-refractivity contribution in [1.82, 2.24) is 0 Å². The van der Waals surface area contributed by atoms with Gasteiger partial charge in [0.1, 0.15) is 11.5 Å². The van der Waals surface area contributed by atoms with Crippen molar-refractivity contribution in [2.75, 3.05) is 12.8 Å². The molecular weight excluding hydrogens is 355 g/mol. The summed E-state index contributed by atoms with van der Waals surface area (Å²) in [6, 6.07) is 11.0. The Kier molecular flexibility index (Phi) is 8.31. The molecule has 2 rings (SSSR count). The zero-order valence-electron chi connectivity index (χ0n) is 16.9. The van der Waals surface area contributed by atoms with Crippen LogP contribution in [0.1, 0.15) is 53.2 Å². The highest BCUT2D eigenvalue weighted by Crippen LogP contribution is 2.25. The number of carbonyl (C=O) groups is 1. The van der Waals surface area contributed by atoms with E-state index in [9.17, 15) is 4.79 Å². The Labute approximate surface area is 165 Å². The number of esters is 1. The van der Waals surface area contributed by atoms with Gasteiger partial charge in [0.05, 0.1) is 12.2 Å². The Morgan fingerprint density at radius 3 is 2.37 bits per heavy atom. The Hall–Kier alpha value is -1.86. The van der Waals surface area contributed by atoms with Crippen molar-refractivity contribution in [3.63, 3.8) is 0 Å². The van der Waals surface area contributed by atoms with Gasteiger partial charge in [-0.25, -0.2) is 4.79 Å². The predicted molar refractivity (Wildman–Crippen MR) is 115 cm³/mol. The second-order valence-corrected chi connectivity index (χ2v) is 7.80. The maximum Gasteiger partial charge on any atom is 0.343 e. The summed E-state index contributed by atoms with van der Waals surface area (Å²) >= 11 is 0. The van der Waals surface area contributed by atoms with Crippen molar-refractivity contribution in [3.05, 3.63) is 58.7 Å².